The molecule has 0 bridgehead atoms. The van der Waals surface area contributed by atoms with Crippen LogP contribution in [0.4, 0.5) is 0 Å². The molecule has 0 aromatic heterocycles. The largest absolute Gasteiger partial charge is 0.466 e. The summed E-state index contributed by atoms with van der Waals surface area (Å²) in [6, 6.07) is 0. The topological polar surface area (TPSA) is 38.7 Å². The van der Waals surface area contributed by atoms with Crippen LogP contribution in [0.2, 0.25) is 0 Å². The number of ether oxygens (including phenoxy) is 1. The maximum Gasteiger partial charge on any atom is 0.311 e. The van der Waals surface area contributed by atoms with Crippen molar-refractivity contribution in [2.45, 2.75) is 13.3 Å². The van der Waals surface area contributed by atoms with Crippen molar-refractivity contribution in [3.05, 3.63) is 0 Å². The first kappa shape index (κ1) is 8.71. The van der Waals surface area contributed by atoms with Gasteiger partial charge in [0, 0.05) is 6.42 Å². The second kappa shape index (κ2) is 3.85. The Bertz CT molecular complexity index is 191. The SMILES string of the molecule is CCOC(=O)C1CN=C(Br)C1. The molecule has 0 aromatic carbocycles. The third-order valence-corrected chi connectivity index (χ3v) is 2.09. The van der Waals surface area contributed by atoms with Crippen LogP contribution in [0.5, 0.6) is 0 Å². The standard InChI is InChI=1S/C7H10BrNO2/c1-2-11-7(10)5-3-6(8)9-4-5/h5H,2-4H2,1H3. The van der Waals surface area contributed by atoms with Crippen molar-refractivity contribution >= 4 is 26.5 Å². The molecular weight excluding hydrogens is 210 g/mol. The Morgan fingerprint density at radius 3 is 3.09 bits per heavy atom. The van der Waals surface area contributed by atoms with Gasteiger partial charge in [-0.25, -0.2) is 0 Å². The van der Waals surface area contributed by atoms with Crippen molar-refractivity contribution in [1.29, 1.82) is 0 Å². The fraction of sp³-hybridized carbons (Fsp3) is 0.714. The van der Waals surface area contributed by atoms with Crippen molar-refractivity contribution in [2.75, 3.05) is 13.2 Å². The Hall–Kier alpha value is -0.380. The Balaban J connectivity index is 2.34. The molecule has 3 nitrogen and oxygen atoms in total. The van der Waals surface area contributed by atoms with Gasteiger partial charge in [0.25, 0.3) is 0 Å². The number of nitrogens with zero attached hydrogens (tertiary/aromatic N) is 1. The maximum absolute atomic E-state index is 11.1. The summed E-state index contributed by atoms with van der Waals surface area (Å²) >= 11 is 3.24. The molecule has 1 heterocycles. The Labute approximate surface area is 74.0 Å². The third kappa shape index (κ3) is 2.29. The van der Waals surface area contributed by atoms with Crippen LogP contribution in [0.25, 0.3) is 0 Å². The molecular formula is C7H10BrNO2. The van der Waals surface area contributed by atoms with E-state index >= 15 is 0 Å². The maximum atomic E-state index is 11.1. The van der Waals surface area contributed by atoms with Gasteiger partial charge in [-0.3, -0.25) is 9.79 Å². The summed E-state index contributed by atoms with van der Waals surface area (Å²) in [5.74, 6) is -0.185. The fourth-order valence-electron chi connectivity index (χ4n) is 0.960. The molecule has 4 heteroatoms. The fourth-order valence-corrected chi connectivity index (χ4v) is 1.50. The summed E-state index contributed by atoms with van der Waals surface area (Å²) in [4.78, 5) is 15.1. The molecule has 1 unspecified atom stereocenters. The number of rotatable bonds is 2. The summed E-state index contributed by atoms with van der Waals surface area (Å²) in [7, 11) is 0. The van der Waals surface area contributed by atoms with E-state index in [-0.39, 0.29) is 11.9 Å². The van der Waals surface area contributed by atoms with E-state index in [1.807, 2.05) is 6.92 Å². The average molecular weight is 220 g/mol. The number of hydrogen-bond donors (Lipinski definition) is 0. The van der Waals surface area contributed by atoms with Gasteiger partial charge in [-0.05, 0) is 22.9 Å². The smallest absolute Gasteiger partial charge is 0.311 e. The Morgan fingerprint density at radius 1 is 1.91 bits per heavy atom. The van der Waals surface area contributed by atoms with E-state index < -0.39 is 0 Å². The number of halogens is 1. The highest BCUT2D eigenvalue weighted by atomic mass is 79.9. The molecule has 0 saturated carbocycles. The van der Waals surface area contributed by atoms with Gasteiger partial charge in [0.2, 0.25) is 0 Å². The molecule has 1 aliphatic rings. The highest BCUT2D eigenvalue weighted by Gasteiger charge is 2.25. The monoisotopic (exact) mass is 219 g/mol. The van der Waals surface area contributed by atoms with Crippen LogP contribution in [0, 0.1) is 5.92 Å². The molecule has 0 spiro atoms. The lowest BCUT2D eigenvalue weighted by atomic mass is 10.1. The van der Waals surface area contributed by atoms with Gasteiger partial charge >= 0.3 is 5.97 Å². The predicted octanol–water partition coefficient (Wildman–Crippen LogP) is 1.36. The minimum absolute atomic E-state index is 0.0516. The molecule has 1 atom stereocenters. The van der Waals surface area contributed by atoms with Crippen molar-refractivity contribution in [3.63, 3.8) is 0 Å². The molecule has 0 radical (unpaired) electrons. The molecule has 0 aliphatic carbocycles. The van der Waals surface area contributed by atoms with Gasteiger partial charge in [0.05, 0.1) is 23.7 Å². The first-order chi connectivity index (χ1) is 5.24. The highest BCUT2D eigenvalue weighted by molar-refractivity contribution is 9.18. The van der Waals surface area contributed by atoms with Crippen LogP contribution in [-0.4, -0.2) is 23.7 Å². The van der Waals surface area contributed by atoms with E-state index in [0.717, 1.165) is 4.62 Å². The lowest BCUT2D eigenvalue weighted by Gasteiger charge is -2.05. The summed E-state index contributed by atoms with van der Waals surface area (Å²) in [5, 5.41) is 0. The minimum atomic E-state index is -0.134. The second-order valence-electron chi connectivity index (χ2n) is 2.37. The predicted molar refractivity (Wildman–Crippen MR) is 46.0 cm³/mol. The summed E-state index contributed by atoms with van der Waals surface area (Å²) in [6.07, 6.45) is 0.693. The van der Waals surface area contributed by atoms with Crippen LogP contribution < -0.4 is 0 Å². The number of hydrogen-bond acceptors (Lipinski definition) is 3. The van der Waals surface area contributed by atoms with Gasteiger partial charge in [-0.15, -0.1) is 0 Å². The van der Waals surface area contributed by atoms with Crippen LogP contribution in [0.3, 0.4) is 0 Å². The molecule has 62 valence electrons. The zero-order valence-corrected chi connectivity index (χ0v) is 7.93. The summed E-state index contributed by atoms with van der Waals surface area (Å²) < 4.78 is 5.71. The van der Waals surface area contributed by atoms with Gasteiger partial charge < -0.3 is 4.74 Å². The zero-order valence-electron chi connectivity index (χ0n) is 6.34. The summed E-state index contributed by atoms with van der Waals surface area (Å²) in [6.45, 7) is 2.83. The molecule has 1 aliphatic heterocycles. The van der Waals surface area contributed by atoms with Crippen LogP contribution in [0.15, 0.2) is 4.99 Å². The van der Waals surface area contributed by atoms with E-state index in [9.17, 15) is 4.79 Å². The first-order valence-electron chi connectivity index (χ1n) is 3.59. The number of carbonyl (C=O) groups is 1. The molecule has 0 aromatic rings. The second-order valence-corrected chi connectivity index (χ2v) is 3.29. The van der Waals surface area contributed by atoms with E-state index in [1.165, 1.54) is 0 Å². The van der Waals surface area contributed by atoms with Gasteiger partial charge in [0.15, 0.2) is 0 Å². The van der Waals surface area contributed by atoms with Crippen LogP contribution in [-0.2, 0) is 9.53 Å². The molecule has 0 amide bonds. The Morgan fingerprint density at radius 2 is 2.64 bits per heavy atom. The van der Waals surface area contributed by atoms with E-state index in [1.54, 1.807) is 0 Å². The third-order valence-electron chi connectivity index (χ3n) is 1.52. The van der Waals surface area contributed by atoms with Gasteiger partial charge in [-0.2, -0.15) is 0 Å². The summed E-state index contributed by atoms with van der Waals surface area (Å²) in [5.41, 5.74) is 0. The lowest BCUT2D eigenvalue weighted by Crippen LogP contribution is -2.18. The van der Waals surface area contributed by atoms with Gasteiger partial charge in [-0.1, -0.05) is 0 Å². The normalized spacial score (nSPS) is 23.1. The number of carbonyl (C=O) groups excluding carboxylic acids is 1. The van der Waals surface area contributed by atoms with E-state index in [4.69, 9.17) is 4.74 Å². The average Bonchev–Trinajstić information content (AvgIpc) is 2.36. The van der Waals surface area contributed by atoms with Crippen LogP contribution in [0.1, 0.15) is 13.3 Å². The minimum Gasteiger partial charge on any atom is -0.466 e. The zero-order chi connectivity index (χ0) is 8.27. The van der Waals surface area contributed by atoms with Crippen molar-refractivity contribution < 1.29 is 9.53 Å². The highest BCUT2D eigenvalue weighted by Crippen LogP contribution is 2.17. The molecule has 1 rings (SSSR count). The number of aliphatic imine (C=N–C) groups is 1. The lowest BCUT2D eigenvalue weighted by molar-refractivity contribution is -0.147. The van der Waals surface area contributed by atoms with Crippen molar-refractivity contribution in [3.8, 4) is 0 Å². The molecule has 0 saturated heterocycles. The van der Waals surface area contributed by atoms with E-state index in [2.05, 4.69) is 20.9 Å². The van der Waals surface area contributed by atoms with Crippen molar-refractivity contribution in [1.82, 2.24) is 0 Å². The Kier molecular flexibility index (Phi) is 3.05. The van der Waals surface area contributed by atoms with E-state index in [0.29, 0.717) is 19.6 Å². The molecule has 0 fully saturated rings. The quantitative estimate of drug-likeness (QED) is 0.659. The first-order valence-corrected chi connectivity index (χ1v) is 4.38. The van der Waals surface area contributed by atoms with Crippen molar-refractivity contribution in [2.24, 2.45) is 10.9 Å². The van der Waals surface area contributed by atoms with Crippen LogP contribution >= 0.6 is 15.9 Å². The van der Waals surface area contributed by atoms with Gasteiger partial charge in [0.1, 0.15) is 0 Å². The molecule has 11 heavy (non-hydrogen) atoms. The number of esters is 1. The molecule has 0 N–H and O–H groups in total.